The number of aromatic nitrogens is 1. The second-order valence-corrected chi connectivity index (χ2v) is 3.96. The van der Waals surface area contributed by atoms with Gasteiger partial charge in [0.1, 0.15) is 5.82 Å². The zero-order valence-electron chi connectivity index (χ0n) is 9.32. The quantitative estimate of drug-likeness (QED) is 0.728. The molecule has 0 saturated heterocycles. The van der Waals surface area contributed by atoms with Crippen molar-refractivity contribution in [1.29, 1.82) is 0 Å². The minimum atomic E-state index is -0.240. The fraction of sp³-hybridized carbons (Fsp3) is 0.455. The first-order valence-corrected chi connectivity index (χ1v) is 4.95. The molecule has 4 nitrogen and oxygen atoms in total. The number of nitrogens with two attached hydrogens (primary N) is 2. The van der Waals surface area contributed by atoms with E-state index in [0.29, 0.717) is 5.56 Å². The van der Waals surface area contributed by atoms with Gasteiger partial charge in [0.2, 0.25) is 0 Å². The lowest BCUT2D eigenvalue weighted by molar-refractivity contribution is 0.0917. The lowest BCUT2D eigenvalue weighted by atomic mass is 9.94. The summed E-state index contributed by atoms with van der Waals surface area (Å²) in [7, 11) is 0. The Hall–Kier alpha value is -1.42. The standard InChI is InChI=1S/C11H17N3O/c1-6-4-9(11(13)14-5-6)10(15)7(2)8(3)12/h4-5,7-8H,12H2,1-3H3,(H2,13,14). The van der Waals surface area contributed by atoms with Crippen molar-refractivity contribution in [2.45, 2.75) is 26.8 Å². The summed E-state index contributed by atoms with van der Waals surface area (Å²) in [5, 5.41) is 0. The second-order valence-electron chi connectivity index (χ2n) is 3.96. The van der Waals surface area contributed by atoms with E-state index in [1.165, 1.54) is 0 Å². The molecule has 0 aliphatic rings. The summed E-state index contributed by atoms with van der Waals surface area (Å²) in [6.07, 6.45) is 1.64. The summed E-state index contributed by atoms with van der Waals surface area (Å²) in [6, 6.07) is 1.57. The molecule has 82 valence electrons. The highest BCUT2D eigenvalue weighted by Crippen LogP contribution is 2.16. The average molecular weight is 207 g/mol. The van der Waals surface area contributed by atoms with Crippen molar-refractivity contribution in [3.05, 3.63) is 23.4 Å². The molecule has 1 heterocycles. The van der Waals surface area contributed by atoms with Crippen LogP contribution in [0.3, 0.4) is 0 Å². The molecule has 2 unspecified atom stereocenters. The minimum absolute atomic E-state index is 0.0429. The summed E-state index contributed by atoms with van der Waals surface area (Å²) < 4.78 is 0. The molecule has 0 fully saturated rings. The van der Waals surface area contributed by atoms with Gasteiger partial charge in [0.25, 0.3) is 0 Å². The monoisotopic (exact) mass is 207 g/mol. The van der Waals surface area contributed by atoms with Gasteiger partial charge in [0, 0.05) is 18.2 Å². The van der Waals surface area contributed by atoms with E-state index in [4.69, 9.17) is 11.5 Å². The number of carbonyl (C=O) groups is 1. The largest absolute Gasteiger partial charge is 0.383 e. The summed E-state index contributed by atoms with van der Waals surface area (Å²) in [4.78, 5) is 15.9. The molecule has 0 spiro atoms. The lowest BCUT2D eigenvalue weighted by Crippen LogP contribution is -2.31. The topological polar surface area (TPSA) is 82.0 Å². The van der Waals surface area contributed by atoms with E-state index in [9.17, 15) is 4.79 Å². The third-order valence-corrected chi connectivity index (χ3v) is 2.52. The predicted molar refractivity (Wildman–Crippen MR) is 60.5 cm³/mol. The Morgan fingerprint density at radius 3 is 2.60 bits per heavy atom. The van der Waals surface area contributed by atoms with Crippen molar-refractivity contribution < 1.29 is 4.79 Å². The van der Waals surface area contributed by atoms with Gasteiger partial charge in [-0.3, -0.25) is 4.79 Å². The Morgan fingerprint density at radius 2 is 2.07 bits per heavy atom. The molecule has 2 atom stereocenters. The highest BCUT2D eigenvalue weighted by atomic mass is 16.1. The third-order valence-electron chi connectivity index (χ3n) is 2.52. The Kier molecular flexibility index (Phi) is 3.42. The first kappa shape index (κ1) is 11.7. The number of nitrogens with zero attached hydrogens (tertiary/aromatic N) is 1. The van der Waals surface area contributed by atoms with Crippen molar-refractivity contribution in [3.63, 3.8) is 0 Å². The molecule has 0 aliphatic carbocycles. The normalized spacial score (nSPS) is 14.7. The number of pyridine rings is 1. The Morgan fingerprint density at radius 1 is 1.47 bits per heavy atom. The highest BCUT2D eigenvalue weighted by molar-refractivity contribution is 6.01. The van der Waals surface area contributed by atoms with Gasteiger partial charge in [-0.05, 0) is 25.5 Å². The molecule has 1 rings (SSSR count). The van der Waals surface area contributed by atoms with E-state index in [-0.39, 0.29) is 23.6 Å². The molecule has 0 saturated carbocycles. The summed E-state index contributed by atoms with van der Waals surface area (Å²) in [5.41, 5.74) is 12.7. The number of hydrogen-bond acceptors (Lipinski definition) is 4. The molecule has 4 N–H and O–H groups in total. The number of nitrogen functional groups attached to an aromatic ring is 1. The van der Waals surface area contributed by atoms with Gasteiger partial charge in [-0.1, -0.05) is 6.92 Å². The molecule has 0 bridgehead atoms. The van der Waals surface area contributed by atoms with Crippen LogP contribution < -0.4 is 11.5 Å². The van der Waals surface area contributed by atoms with Crippen molar-refractivity contribution in [1.82, 2.24) is 4.98 Å². The number of carbonyl (C=O) groups excluding carboxylic acids is 1. The van der Waals surface area contributed by atoms with Crippen molar-refractivity contribution in [2.24, 2.45) is 11.7 Å². The average Bonchev–Trinajstić information content (AvgIpc) is 2.19. The predicted octanol–water partition coefficient (Wildman–Crippen LogP) is 1.14. The highest BCUT2D eigenvalue weighted by Gasteiger charge is 2.21. The van der Waals surface area contributed by atoms with Crippen molar-refractivity contribution >= 4 is 11.6 Å². The maximum atomic E-state index is 12.0. The van der Waals surface area contributed by atoms with Gasteiger partial charge < -0.3 is 11.5 Å². The van der Waals surface area contributed by atoms with Crippen LogP contribution in [0.5, 0.6) is 0 Å². The van der Waals surface area contributed by atoms with E-state index >= 15 is 0 Å². The first-order chi connectivity index (χ1) is 6.93. The molecule has 15 heavy (non-hydrogen) atoms. The van der Waals surface area contributed by atoms with Crippen LogP contribution in [0, 0.1) is 12.8 Å². The van der Waals surface area contributed by atoms with E-state index in [1.807, 2.05) is 13.8 Å². The number of rotatable bonds is 3. The number of anilines is 1. The molecular formula is C11H17N3O. The summed E-state index contributed by atoms with van der Waals surface area (Å²) >= 11 is 0. The molecule has 0 amide bonds. The Balaban J connectivity index is 3.05. The van der Waals surface area contributed by atoms with Crippen molar-refractivity contribution in [3.8, 4) is 0 Å². The Labute approximate surface area is 89.7 Å². The van der Waals surface area contributed by atoms with Crippen LogP contribution in [0.15, 0.2) is 12.3 Å². The fourth-order valence-corrected chi connectivity index (χ4v) is 1.26. The van der Waals surface area contributed by atoms with Gasteiger partial charge in [-0.2, -0.15) is 0 Å². The molecule has 0 radical (unpaired) electrons. The maximum absolute atomic E-state index is 12.0. The van der Waals surface area contributed by atoms with E-state index < -0.39 is 0 Å². The van der Waals surface area contributed by atoms with Gasteiger partial charge in [0.05, 0.1) is 5.56 Å². The van der Waals surface area contributed by atoms with Crippen LogP contribution in [-0.2, 0) is 0 Å². The fourth-order valence-electron chi connectivity index (χ4n) is 1.26. The summed E-state index contributed by atoms with van der Waals surface area (Å²) in [6.45, 7) is 5.48. The summed E-state index contributed by atoms with van der Waals surface area (Å²) in [5.74, 6) is -0.00676. The van der Waals surface area contributed by atoms with Gasteiger partial charge >= 0.3 is 0 Å². The third kappa shape index (κ3) is 2.53. The van der Waals surface area contributed by atoms with Crippen LogP contribution >= 0.6 is 0 Å². The number of Topliss-reactive ketones (excluding diaryl/α,β-unsaturated/α-hetero) is 1. The number of ketones is 1. The Bertz CT molecular complexity index is 374. The van der Waals surface area contributed by atoms with Crippen LogP contribution in [0.2, 0.25) is 0 Å². The van der Waals surface area contributed by atoms with E-state index in [2.05, 4.69) is 4.98 Å². The van der Waals surface area contributed by atoms with Gasteiger partial charge in [-0.25, -0.2) is 4.98 Å². The maximum Gasteiger partial charge on any atom is 0.170 e. The second kappa shape index (κ2) is 4.40. The van der Waals surface area contributed by atoms with E-state index in [1.54, 1.807) is 19.2 Å². The molecule has 0 aromatic carbocycles. The van der Waals surface area contributed by atoms with E-state index in [0.717, 1.165) is 5.56 Å². The molecule has 0 aliphatic heterocycles. The first-order valence-electron chi connectivity index (χ1n) is 4.95. The SMILES string of the molecule is Cc1cnc(N)c(C(=O)C(C)C(C)N)c1. The molecular weight excluding hydrogens is 190 g/mol. The zero-order valence-corrected chi connectivity index (χ0v) is 9.32. The van der Waals surface area contributed by atoms with Crippen LogP contribution in [0.25, 0.3) is 0 Å². The minimum Gasteiger partial charge on any atom is -0.383 e. The van der Waals surface area contributed by atoms with Crippen LogP contribution in [-0.4, -0.2) is 16.8 Å². The zero-order chi connectivity index (χ0) is 11.6. The lowest BCUT2D eigenvalue weighted by Gasteiger charge is -2.15. The van der Waals surface area contributed by atoms with Crippen LogP contribution in [0.4, 0.5) is 5.82 Å². The van der Waals surface area contributed by atoms with Gasteiger partial charge in [0.15, 0.2) is 5.78 Å². The molecule has 4 heteroatoms. The molecule has 1 aromatic rings. The van der Waals surface area contributed by atoms with Crippen molar-refractivity contribution in [2.75, 3.05) is 5.73 Å². The van der Waals surface area contributed by atoms with Crippen LogP contribution in [0.1, 0.15) is 29.8 Å². The smallest absolute Gasteiger partial charge is 0.170 e. The molecule has 1 aromatic heterocycles. The van der Waals surface area contributed by atoms with Gasteiger partial charge in [-0.15, -0.1) is 0 Å². The number of hydrogen-bond donors (Lipinski definition) is 2. The number of aryl methyl sites for hydroxylation is 1.